The summed E-state index contributed by atoms with van der Waals surface area (Å²) in [5, 5.41) is 9.84. The highest BCUT2D eigenvalue weighted by Gasteiger charge is 2.10. The number of hydrogen-bond acceptors (Lipinski definition) is 7. The molecule has 0 fully saturated rings. The zero-order valence-corrected chi connectivity index (χ0v) is 15.6. The van der Waals surface area contributed by atoms with Crippen molar-refractivity contribution in [1.29, 1.82) is 0 Å². The van der Waals surface area contributed by atoms with Crippen LogP contribution in [0.15, 0.2) is 28.9 Å². The Bertz CT molecular complexity index is 598. The van der Waals surface area contributed by atoms with Gasteiger partial charge in [-0.15, -0.1) is 24.8 Å². The number of aromatic nitrogens is 3. The van der Waals surface area contributed by atoms with Crippen molar-refractivity contribution in [2.24, 2.45) is 0 Å². The number of nitrogens with zero attached hydrogens (tertiary/aromatic N) is 3. The summed E-state index contributed by atoms with van der Waals surface area (Å²) < 4.78 is 10.0. The molecule has 140 valence electrons. The van der Waals surface area contributed by atoms with E-state index >= 15 is 0 Å². The van der Waals surface area contributed by atoms with Gasteiger partial charge in [0.25, 0.3) is 0 Å². The molecule has 0 aliphatic carbocycles. The number of nitrogens with one attached hydrogen (secondary N) is 2. The second-order valence-electron chi connectivity index (χ2n) is 4.82. The highest BCUT2D eigenvalue weighted by atomic mass is 35.5. The Balaban J connectivity index is 0.00000288. The molecule has 0 bridgehead atoms. The van der Waals surface area contributed by atoms with E-state index in [0.717, 1.165) is 6.54 Å². The fourth-order valence-electron chi connectivity index (χ4n) is 1.85. The summed E-state index contributed by atoms with van der Waals surface area (Å²) in [6, 6.07) is 5.48. The SMILES string of the molecule is COCCNCCNC(=O)CCc1nc(-c2ccccn2)no1.Cl.Cl. The number of ether oxygens (including phenoxy) is 1. The molecule has 0 unspecified atom stereocenters. The summed E-state index contributed by atoms with van der Waals surface area (Å²) >= 11 is 0. The molecule has 0 aliphatic rings. The molecule has 2 heterocycles. The van der Waals surface area contributed by atoms with Crippen LogP contribution in [0.5, 0.6) is 0 Å². The number of aryl methyl sites for hydroxylation is 1. The predicted octanol–water partition coefficient (Wildman–Crippen LogP) is 1.26. The highest BCUT2D eigenvalue weighted by Crippen LogP contribution is 2.12. The van der Waals surface area contributed by atoms with E-state index in [9.17, 15) is 4.79 Å². The predicted molar refractivity (Wildman–Crippen MR) is 98.1 cm³/mol. The lowest BCUT2D eigenvalue weighted by Crippen LogP contribution is -2.33. The molecule has 2 aromatic heterocycles. The normalized spacial score (nSPS) is 9.80. The number of halogens is 2. The highest BCUT2D eigenvalue weighted by molar-refractivity contribution is 5.85. The number of pyridine rings is 1. The summed E-state index contributed by atoms with van der Waals surface area (Å²) in [5.41, 5.74) is 0.647. The number of rotatable bonds is 10. The number of carbonyl (C=O) groups excluding carboxylic acids is 1. The van der Waals surface area contributed by atoms with Crippen molar-refractivity contribution in [3.63, 3.8) is 0 Å². The summed E-state index contributed by atoms with van der Waals surface area (Å²) in [4.78, 5) is 20.1. The third kappa shape index (κ3) is 8.78. The molecule has 2 aromatic rings. The topological polar surface area (TPSA) is 102 Å². The van der Waals surface area contributed by atoms with Crippen LogP contribution < -0.4 is 10.6 Å². The Morgan fingerprint density at radius 3 is 2.80 bits per heavy atom. The van der Waals surface area contributed by atoms with Crippen molar-refractivity contribution >= 4 is 30.7 Å². The Kier molecular flexibility index (Phi) is 12.6. The fourth-order valence-corrected chi connectivity index (χ4v) is 1.85. The lowest BCUT2D eigenvalue weighted by molar-refractivity contribution is -0.121. The van der Waals surface area contributed by atoms with E-state index in [1.807, 2.05) is 12.1 Å². The quantitative estimate of drug-likeness (QED) is 0.587. The van der Waals surface area contributed by atoms with Gasteiger partial charge in [0.1, 0.15) is 5.69 Å². The average molecular weight is 392 g/mol. The van der Waals surface area contributed by atoms with Gasteiger partial charge in [-0.1, -0.05) is 11.2 Å². The first-order chi connectivity index (χ1) is 11.3. The van der Waals surface area contributed by atoms with Gasteiger partial charge in [-0.3, -0.25) is 9.78 Å². The molecule has 0 saturated carbocycles. The maximum absolute atomic E-state index is 11.7. The Morgan fingerprint density at radius 2 is 2.08 bits per heavy atom. The van der Waals surface area contributed by atoms with E-state index in [2.05, 4.69) is 25.8 Å². The van der Waals surface area contributed by atoms with Crippen molar-refractivity contribution < 1.29 is 14.1 Å². The summed E-state index contributed by atoms with van der Waals surface area (Å²) in [5.74, 6) is 0.818. The molecule has 10 heteroatoms. The summed E-state index contributed by atoms with van der Waals surface area (Å²) in [6.07, 6.45) is 2.38. The van der Waals surface area contributed by atoms with Crippen molar-refractivity contribution in [3.8, 4) is 11.5 Å². The largest absolute Gasteiger partial charge is 0.383 e. The van der Waals surface area contributed by atoms with Gasteiger partial charge in [0, 0.05) is 45.8 Å². The third-order valence-corrected chi connectivity index (χ3v) is 3.03. The van der Waals surface area contributed by atoms with Gasteiger partial charge < -0.3 is 19.9 Å². The molecule has 1 amide bonds. The first-order valence-electron chi connectivity index (χ1n) is 7.50. The minimum Gasteiger partial charge on any atom is -0.383 e. The lowest BCUT2D eigenvalue weighted by Gasteiger charge is -2.05. The molecule has 8 nitrogen and oxygen atoms in total. The van der Waals surface area contributed by atoms with Gasteiger partial charge in [0.2, 0.25) is 17.6 Å². The standard InChI is InChI=1S/C15H21N5O3.2ClH/c1-22-11-10-16-8-9-18-13(21)5-6-14-19-15(20-23-14)12-4-2-3-7-17-12;;/h2-4,7,16H,5-6,8-11H2,1H3,(H,18,21);2*1H. The molecule has 0 aromatic carbocycles. The minimum atomic E-state index is -0.0453. The first-order valence-corrected chi connectivity index (χ1v) is 7.50. The maximum atomic E-state index is 11.7. The molecular weight excluding hydrogens is 369 g/mol. The van der Waals surface area contributed by atoms with E-state index in [1.165, 1.54) is 0 Å². The Morgan fingerprint density at radius 1 is 1.24 bits per heavy atom. The third-order valence-electron chi connectivity index (χ3n) is 3.03. The van der Waals surface area contributed by atoms with Crippen molar-refractivity contribution in [1.82, 2.24) is 25.8 Å². The number of methoxy groups -OCH3 is 1. The van der Waals surface area contributed by atoms with Crippen LogP contribution in [-0.4, -0.2) is 54.4 Å². The molecule has 0 saturated heterocycles. The first kappa shape index (κ1) is 23.3. The van der Waals surface area contributed by atoms with Gasteiger partial charge in [-0.2, -0.15) is 4.98 Å². The van der Waals surface area contributed by atoms with Crippen LogP contribution in [-0.2, 0) is 16.0 Å². The smallest absolute Gasteiger partial charge is 0.227 e. The molecule has 2 rings (SSSR count). The van der Waals surface area contributed by atoms with E-state index in [-0.39, 0.29) is 30.7 Å². The van der Waals surface area contributed by atoms with Crippen LogP contribution in [0.1, 0.15) is 12.3 Å². The molecule has 0 radical (unpaired) electrons. The van der Waals surface area contributed by atoms with E-state index in [1.54, 1.807) is 19.4 Å². The second kappa shape index (κ2) is 13.5. The molecule has 0 spiro atoms. The van der Waals surface area contributed by atoms with Crippen LogP contribution in [0.2, 0.25) is 0 Å². The Labute approximate surface area is 158 Å². The summed E-state index contributed by atoms with van der Waals surface area (Å²) in [6.45, 7) is 2.71. The lowest BCUT2D eigenvalue weighted by atomic mass is 10.3. The van der Waals surface area contributed by atoms with Crippen molar-refractivity contribution in [3.05, 3.63) is 30.3 Å². The van der Waals surface area contributed by atoms with Crippen molar-refractivity contribution in [2.45, 2.75) is 12.8 Å². The van der Waals surface area contributed by atoms with Crippen LogP contribution >= 0.6 is 24.8 Å². The number of amides is 1. The zero-order chi connectivity index (χ0) is 16.3. The number of hydrogen-bond donors (Lipinski definition) is 2. The molecular formula is C15H23Cl2N5O3. The molecule has 0 atom stereocenters. The minimum absolute atomic E-state index is 0. The zero-order valence-electron chi connectivity index (χ0n) is 13.9. The maximum Gasteiger partial charge on any atom is 0.227 e. The van der Waals surface area contributed by atoms with E-state index in [4.69, 9.17) is 9.26 Å². The summed E-state index contributed by atoms with van der Waals surface area (Å²) in [7, 11) is 1.65. The average Bonchev–Trinajstić information content (AvgIpc) is 3.06. The van der Waals surface area contributed by atoms with Crippen LogP contribution in [0.4, 0.5) is 0 Å². The van der Waals surface area contributed by atoms with Gasteiger partial charge in [0.05, 0.1) is 6.61 Å². The van der Waals surface area contributed by atoms with Crippen LogP contribution in [0, 0.1) is 0 Å². The van der Waals surface area contributed by atoms with E-state index in [0.29, 0.717) is 49.9 Å². The van der Waals surface area contributed by atoms with Crippen molar-refractivity contribution in [2.75, 3.05) is 33.4 Å². The molecule has 0 aliphatic heterocycles. The van der Waals surface area contributed by atoms with Crippen LogP contribution in [0.25, 0.3) is 11.5 Å². The van der Waals surface area contributed by atoms with Gasteiger partial charge >= 0.3 is 0 Å². The molecule has 25 heavy (non-hydrogen) atoms. The van der Waals surface area contributed by atoms with Crippen LogP contribution in [0.3, 0.4) is 0 Å². The second-order valence-corrected chi connectivity index (χ2v) is 4.82. The van der Waals surface area contributed by atoms with Gasteiger partial charge in [-0.25, -0.2) is 0 Å². The van der Waals surface area contributed by atoms with Gasteiger partial charge in [-0.05, 0) is 12.1 Å². The monoisotopic (exact) mass is 391 g/mol. The van der Waals surface area contributed by atoms with E-state index < -0.39 is 0 Å². The number of carbonyl (C=O) groups is 1. The molecule has 2 N–H and O–H groups in total. The fraction of sp³-hybridized carbons (Fsp3) is 0.467. The van der Waals surface area contributed by atoms with Gasteiger partial charge in [0.15, 0.2) is 0 Å². The Hall–Kier alpha value is -1.74.